The molecule has 0 fully saturated rings. The molecule has 6 nitrogen and oxygen atoms in total. The summed E-state index contributed by atoms with van der Waals surface area (Å²) in [5.74, 6) is 1.36. The van der Waals surface area contributed by atoms with E-state index in [1.807, 2.05) is 41.9 Å². The average molecular weight is 401 g/mol. The Morgan fingerprint density at radius 2 is 1.76 bits per heavy atom. The molecule has 0 saturated carbocycles. The number of nitrogens with one attached hydrogen (secondary N) is 1. The summed E-state index contributed by atoms with van der Waals surface area (Å²) in [6.07, 6.45) is 0. The number of hydrogen-bond acceptors (Lipinski definition) is 5. The highest BCUT2D eigenvalue weighted by atomic mass is 32.1. The minimum absolute atomic E-state index is 0.161. The van der Waals surface area contributed by atoms with E-state index in [4.69, 9.17) is 27.8 Å². The van der Waals surface area contributed by atoms with Crippen molar-refractivity contribution in [1.29, 1.82) is 0 Å². The van der Waals surface area contributed by atoms with E-state index in [1.165, 1.54) is 5.56 Å². The van der Waals surface area contributed by atoms with Crippen molar-refractivity contribution in [2.24, 2.45) is 0 Å². The highest BCUT2D eigenvalue weighted by Gasteiger charge is 2.37. The first-order chi connectivity index (χ1) is 14.0. The van der Waals surface area contributed by atoms with Crippen LogP contribution < -0.4 is 10.5 Å². The van der Waals surface area contributed by atoms with Crippen LogP contribution in [0.4, 0.5) is 5.82 Å². The Kier molecular flexibility index (Phi) is 3.99. The summed E-state index contributed by atoms with van der Waals surface area (Å²) in [5, 5.41) is 4.78. The zero-order valence-corrected chi connectivity index (χ0v) is 16.8. The highest BCUT2D eigenvalue weighted by molar-refractivity contribution is 7.71. The van der Waals surface area contributed by atoms with Gasteiger partial charge in [-0.2, -0.15) is 10.1 Å². The summed E-state index contributed by atoms with van der Waals surface area (Å²) in [6, 6.07) is 18.3. The minimum Gasteiger partial charge on any atom is -0.420 e. The van der Waals surface area contributed by atoms with E-state index in [-0.39, 0.29) is 10.7 Å². The lowest BCUT2D eigenvalue weighted by molar-refractivity contribution is 0.402. The van der Waals surface area contributed by atoms with Gasteiger partial charge in [-0.25, -0.2) is 4.68 Å². The van der Waals surface area contributed by atoms with Gasteiger partial charge in [0.1, 0.15) is 5.82 Å². The fraction of sp³-hybridized carbons (Fsp3) is 0.136. The number of nitrogen functional groups attached to an aromatic ring is 1. The fourth-order valence-electron chi connectivity index (χ4n) is 3.86. The summed E-state index contributed by atoms with van der Waals surface area (Å²) in [5.41, 5.74) is 12.2. The molecule has 2 aromatic carbocycles. The molecule has 1 aliphatic heterocycles. The fourth-order valence-corrected chi connectivity index (χ4v) is 4.05. The van der Waals surface area contributed by atoms with E-state index in [1.54, 1.807) is 0 Å². The first-order valence-electron chi connectivity index (χ1n) is 9.32. The van der Waals surface area contributed by atoms with Crippen molar-refractivity contribution in [3.05, 3.63) is 87.3 Å². The first kappa shape index (κ1) is 17.6. The van der Waals surface area contributed by atoms with Gasteiger partial charge in [-0.3, -0.25) is 0 Å². The van der Waals surface area contributed by atoms with Crippen molar-refractivity contribution in [3.63, 3.8) is 0 Å². The molecule has 144 valence electrons. The second kappa shape index (κ2) is 6.56. The van der Waals surface area contributed by atoms with Crippen LogP contribution in [0.3, 0.4) is 0 Å². The summed E-state index contributed by atoms with van der Waals surface area (Å²) in [4.78, 5) is 7.40. The number of nitrogens with two attached hydrogens (primary N) is 1. The number of H-pyrrole nitrogens is 1. The second-order valence-corrected chi connectivity index (χ2v) is 7.56. The molecule has 0 aliphatic carbocycles. The summed E-state index contributed by atoms with van der Waals surface area (Å²) >= 11 is 5.24. The minimum atomic E-state index is -0.161. The standard InChI is InChI=1S/C22H19N5OS/c1-12-8-10-14(11-9-12)17-16-13(2)26-27(15-6-4-3-5-7-15)21(16)28-20-18(17)19(23)24-22(29)25-20/h3-11,17H,1-2H3,(H3,23,24,25,29). The Bertz CT molecular complexity index is 1280. The predicted molar refractivity (Wildman–Crippen MR) is 114 cm³/mol. The Balaban J connectivity index is 1.81. The Morgan fingerprint density at radius 3 is 2.48 bits per heavy atom. The van der Waals surface area contributed by atoms with Gasteiger partial charge in [0, 0.05) is 0 Å². The van der Waals surface area contributed by atoms with Crippen LogP contribution in [0.15, 0.2) is 54.6 Å². The van der Waals surface area contributed by atoms with E-state index in [2.05, 4.69) is 41.2 Å². The van der Waals surface area contributed by atoms with Crippen LogP contribution in [-0.2, 0) is 0 Å². The molecule has 0 spiro atoms. The summed E-state index contributed by atoms with van der Waals surface area (Å²) < 4.78 is 8.34. The first-order valence-corrected chi connectivity index (χ1v) is 9.73. The number of aromatic amines is 1. The lowest BCUT2D eigenvalue weighted by Crippen LogP contribution is -2.17. The van der Waals surface area contributed by atoms with E-state index in [0.29, 0.717) is 17.6 Å². The maximum Gasteiger partial charge on any atom is 0.231 e. The molecule has 4 aromatic rings. The summed E-state index contributed by atoms with van der Waals surface area (Å²) in [7, 11) is 0. The number of benzene rings is 2. The number of anilines is 1. The van der Waals surface area contributed by atoms with Crippen molar-refractivity contribution in [1.82, 2.24) is 19.7 Å². The van der Waals surface area contributed by atoms with Crippen molar-refractivity contribution in [2.45, 2.75) is 19.8 Å². The molecule has 29 heavy (non-hydrogen) atoms. The molecule has 1 atom stereocenters. The number of para-hydroxylation sites is 1. The molecule has 1 aliphatic rings. The van der Waals surface area contributed by atoms with Crippen LogP contribution in [0.25, 0.3) is 5.69 Å². The zero-order chi connectivity index (χ0) is 20.1. The highest BCUT2D eigenvalue weighted by Crippen LogP contribution is 2.49. The lowest BCUT2D eigenvalue weighted by Gasteiger charge is -2.27. The number of fused-ring (bicyclic) bond motifs is 2. The van der Waals surface area contributed by atoms with Crippen LogP contribution in [0.2, 0.25) is 0 Å². The molecule has 0 bridgehead atoms. The Hall–Kier alpha value is -3.45. The summed E-state index contributed by atoms with van der Waals surface area (Å²) in [6.45, 7) is 4.06. The van der Waals surface area contributed by atoms with E-state index >= 15 is 0 Å². The number of aromatic nitrogens is 4. The molecule has 2 aromatic heterocycles. The Morgan fingerprint density at radius 1 is 1.03 bits per heavy atom. The van der Waals surface area contributed by atoms with Crippen LogP contribution in [0, 0.1) is 18.6 Å². The molecular formula is C22H19N5OS. The van der Waals surface area contributed by atoms with Crippen molar-refractivity contribution < 1.29 is 4.74 Å². The zero-order valence-electron chi connectivity index (χ0n) is 16.0. The van der Waals surface area contributed by atoms with Gasteiger partial charge >= 0.3 is 0 Å². The molecule has 5 rings (SSSR count). The third-order valence-electron chi connectivity index (χ3n) is 5.21. The van der Waals surface area contributed by atoms with Crippen LogP contribution in [0.1, 0.15) is 33.9 Å². The van der Waals surface area contributed by atoms with Crippen LogP contribution in [0.5, 0.6) is 11.8 Å². The smallest absolute Gasteiger partial charge is 0.231 e. The van der Waals surface area contributed by atoms with Crippen molar-refractivity contribution in [3.8, 4) is 17.4 Å². The van der Waals surface area contributed by atoms with Gasteiger partial charge in [0.05, 0.1) is 28.4 Å². The lowest BCUT2D eigenvalue weighted by atomic mass is 9.84. The number of ether oxygens (including phenoxy) is 1. The van der Waals surface area contributed by atoms with E-state index in [0.717, 1.165) is 28.1 Å². The maximum absolute atomic E-state index is 6.36. The molecule has 0 saturated heterocycles. The van der Waals surface area contributed by atoms with E-state index in [9.17, 15) is 0 Å². The third kappa shape index (κ3) is 2.82. The molecular weight excluding hydrogens is 382 g/mol. The molecule has 1 unspecified atom stereocenters. The van der Waals surface area contributed by atoms with Gasteiger partial charge in [-0.15, -0.1) is 0 Å². The molecule has 0 amide bonds. The third-order valence-corrected chi connectivity index (χ3v) is 5.40. The number of rotatable bonds is 2. The number of aryl methyl sites for hydroxylation is 2. The topological polar surface area (TPSA) is 81.8 Å². The maximum atomic E-state index is 6.36. The van der Waals surface area contributed by atoms with Gasteiger partial charge in [0.15, 0.2) is 0 Å². The normalized spacial score (nSPS) is 14.8. The van der Waals surface area contributed by atoms with Gasteiger partial charge in [0.2, 0.25) is 16.5 Å². The van der Waals surface area contributed by atoms with Gasteiger partial charge < -0.3 is 15.5 Å². The monoisotopic (exact) mass is 401 g/mol. The van der Waals surface area contributed by atoms with Crippen LogP contribution in [-0.4, -0.2) is 19.7 Å². The van der Waals surface area contributed by atoms with Gasteiger partial charge in [-0.1, -0.05) is 48.0 Å². The number of nitrogens with zero attached hydrogens (tertiary/aromatic N) is 3. The largest absolute Gasteiger partial charge is 0.420 e. The van der Waals surface area contributed by atoms with Crippen molar-refractivity contribution in [2.75, 3.05) is 5.73 Å². The van der Waals surface area contributed by atoms with Gasteiger partial charge in [0.25, 0.3) is 0 Å². The van der Waals surface area contributed by atoms with Crippen molar-refractivity contribution >= 4 is 18.0 Å². The second-order valence-electron chi connectivity index (χ2n) is 7.17. The molecule has 7 heteroatoms. The predicted octanol–water partition coefficient (Wildman–Crippen LogP) is 4.81. The molecule has 0 radical (unpaired) electrons. The molecule has 3 heterocycles. The average Bonchev–Trinajstić information content (AvgIpc) is 3.04. The molecule has 3 N–H and O–H groups in total. The number of hydrogen-bond donors (Lipinski definition) is 2. The van der Waals surface area contributed by atoms with Crippen LogP contribution >= 0.6 is 12.2 Å². The Labute approximate surface area is 173 Å². The van der Waals surface area contributed by atoms with Gasteiger partial charge in [-0.05, 0) is 43.8 Å². The van der Waals surface area contributed by atoms with E-state index < -0.39 is 0 Å². The quantitative estimate of drug-likeness (QED) is 0.415. The SMILES string of the molecule is Cc1ccc(C2c3c(nc(=S)[nH]c3N)Oc3c2c(C)nn3-c2ccccc2)cc1.